The summed E-state index contributed by atoms with van der Waals surface area (Å²) < 4.78 is 0. The second kappa shape index (κ2) is 17.4. The number of unbranched alkanes of at least 4 members (excludes halogenated alkanes) is 7. The van der Waals surface area contributed by atoms with Gasteiger partial charge in [-0.1, -0.05) is 70.1 Å². The molecule has 0 aliphatic rings. The summed E-state index contributed by atoms with van der Waals surface area (Å²) in [5, 5.41) is 2.97. The van der Waals surface area contributed by atoms with E-state index in [1.165, 1.54) is 44.9 Å². The first-order valence-electron chi connectivity index (χ1n) is 8.68. The number of halogens is 2. The number of guanidine groups is 2. The number of nitrogens with zero attached hydrogens (tertiary/aromatic N) is 2. The number of nitrogens with one attached hydrogen (secondary N) is 1. The van der Waals surface area contributed by atoms with Gasteiger partial charge in [0.2, 0.25) is 11.9 Å². The van der Waals surface area contributed by atoms with Crippen LogP contribution in [0.3, 0.4) is 0 Å². The molecular formula is C18H33Cl2N5. The Bertz CT molecular complexity index is 478. The minimum atomic E-state index is 0. The Kier molecular flexibility index (Phi) is 17.9. The number of nitrogens with two attached hydrogens (primary N) is 2. The fourth-order valence-corrected chi connectivity index (χ4v) is 2.30. The first-order valence-corrected chi connectivity index (χ1v) is 8.68. The van der Waals surface area contributed by atoms with E-state index in [2.05, 4.69) is 22.2 Å². The third-order valence-electron chi connectivity index (χ3n) is 3.57. The highest BCUT2D eigenvalue weighted by Crippen LogP contribution is 2.08. The number of aliphatic imine (C=N–C) groups is 2. The molecule has 0 amide bonds. The molecule has 0 radical (unpaired) electrons. The van der Waals surface area contributed by atoms with E-state index >= 15 is 0 Å². The molecule has 5 N–H and O–H groups in total. The van der Waals surface area contributed by atoms with Crippen LogP contribution in [0.5, 0.6) is 0 Å². The first kappa shape index (κ1) is 25.8. The van der Waals surface area contributed by atoms with Crippen molar-refractivity contribution in [1.82, 2.24) is 0 Å². The molecule has 7 heteroatoms. The lowest BCUT2D eigenvalue weighted by Gasteiger charge is -2.04. The average molecular weight is 390 g/mol. The highest BCUT2D eigenvalue weighted by molar-refractivity contribution is 6.00. The van der Waals surface area contributed by atoms with E-state index in [1.807, 2.05) is 30.3 Å². The van der Waals surface area contributed by atoms with Crippen LogP contribution in [0.1, 0.15) is 58.3 Å². The Morgan fingerprint density at radius 2 is 1.44 bits per heavy atom. The average Bonchev–Trinajstić information content (AvgIpc) is 2.54. The van der Waals surface area contributed by atoms with Crippen LogP contribution in [-0.4, -0.2) is 18.5 Å². The molecule has 0 bridgehead atoms. The van der Waals surface area contributed by atoms with Crippen molar-refractivity contribution in [1.29, 1.82) is 0 Å². The van der Waals surface area contributed by atoms with Crippen LogP contribution in [0.15, 0.2) is 40.3 Å². The Balaban J connectivity index is 0. The maximum absolute atomic E-state index is 5.79. The SMILES string of the molecule is CCCCCCCCCCN=C(N)/N=C(\N)Nc1ccccc1.Cl.Cl. The van der Waals surface area contributed by atoms with E-state index in [9.17, 15) is 0 Å². The molecular weight excluding hydrogens is 357 g/mol. The summed E-state index contributed by atoms with van der Waals surface area (Å²) in [6.07, 6.45) is 10.2. The molecule has 5 nitrogen and oxygen atoms in total. The second-order valence-electron chi connectivity index (χ2n) is 5.70. The third-order valence-corrected chi connectivity index (χ3v) is 3.57. The largest absolute Gasteiger partial charge is 0.369 e. The van der Waals surface area contributed by atoms with Crippen LogP contribution in [0.2, 0.25) is 0 Å². The van der Waals surface area contributed by atoms with Crippen LogP contribution in [0.25, 0.3) is 0 Å². The normalized spacial score (nSPS) is 11.4. The van der Waals surface area contributed by atoms with Gasteiger partial charge in [-0.3, -0.25) is 4.99 Å². The summed E-state index contributed by atoms with van der Waals surface area (Å²) in [5.74, 6) is 0.488. The number of benzene rings is 1. The lowest BCUT2D eigenvalue weighted by Crippen LogP contribution is -2.26. The maximum atomic E-state index is 5.79. The number of hydrogen-bond acceptors (Lipinski definition) is 1. The predicted octanol–water partition coefficient (Wildman–Crippen LogP) is 4.71. The van der Waals surface area contributed by atoms with E-state index in [1.54, 1.807) is 0 Å². The van der Waals surface area contributed by atoms with Crippen molar-refractivity contribution in [3.05, 3.63) is 30.3 Å². The number of hydrogen-bond donors (Lipinski definition) is 3. The van der Waals surface area contributed by atoms with Gasteiger partial charge < -0.3 is 16.8 Å². The van der Waals surface area contributed by atoms with Gasteiger partial charge in [-0.05, 0) is 18.6 Å². The van der Waals surface area contributed by atoms with Gasteiger partial charge in [0, 0.05) is 12.2 Å². The topological polar surface area (TPSA) is 88.8 Å². The monoisotopic (exact) mass is 389 g/mol. The fourth-order valence-electron chi connectivity index (χ4n) is 2.30. The summed E-state index contributed by atoms with van der Waals surface area (Å²) in [5.41, 5.74) is 12.4. The molecule has 0 aliphatic carbocycles. The Morgan fingerprint density at radius 1 is 0.880 bits per heavy atom. The maximum Gasteiger partial charge on any atom is 0.218 e. The van der Waals surface area contributed by atoms with Crippen molar-refractivity contribution >= 4 is 42.4 Å². The van der Waals surface area contributed by atoms with Crippen molar-refractivity contribution in [3.8, 4) is 0 Å². The molecule has 0 spiro atoms. The lowest BCUT2D eigenvalue weighted by atomic mass is 10.1. The van der Waals surface area contributed by atoms with Gasteiger partial charge in [0.1, 0.15) is 0 Å². The Hall–Kier alpha value is -1.46. The van der Waals surface area contributed by atoms with Gasteiger partial charge in [-0.15, -0.1) is 24.8 Å². The molecule has 1 rings (SSSR count). The van der Waals surface area contributed by atoms with E-state index in [0.717, 1.165) is 12.1 Å². The molecule has 0 fully saturated rings. The molecule has 0 atom stereocenters. The Labute approximate surface area is 164 Å². The van der Waals surface area contributed by atoms with Crippen LogP contribution in [-0.2, 0) is 0 Å². The fraction of sp³-hybridized carbons (Fsp3) is 0.556. The number of rotatable bonds is 10. The van der Waals surface area contributed by atoms with Crippen LogP contribution in [0.4, 0.5) is 5.69 Å². The quantitative estimate of drug-likeness (QED) is 0.307. The van der Waals surface area contributed by atoms with E-state index in [4.69, 9.17) is 11.5 Å². The van der Waals surface area contributed by atoms with E-state index in [0.29, 0.717) is 6.54 Å². The molecule has 0 saturated carbocycles. The first-order chi connectivity index (χ1) is 11.2. The van der Waals surface area contributed by atoms with E-state index in [-0.39, 0.29) is 36.7 Å². The highest BCUT2D eigenvalue weighted by Gasteiger charge is 1.96. The van der Waals surface area contributed by atoms with Crippen molar-refractivity contribution in [2.75, 3.05) is 11.9 Å². The van der Waals surface area contributed by atoms with Gasteiger partial charge in [-0.2, -0.15) is 4.99 Å². The molecule has 0 aliphatic heterocycles. The predicted molar refractivity (Wildman–Crippen MR) is 115 cm³/mol. The van der Waals surface area contributed by atoms with Crippen molar-refractivity contribution in [2.24, 2.45) is 21.5 Å². The molecule has 1 aromatic carbocycles. The lowest BCUT2D eigenvalue weighted by molar-refractivity contribution is 0.578. The molecule has 0 unspecified atom stereocenters. The molecule has 144 valence electrons. The minimum absolute atomic E-state index is 0. The zero-order valence-corrected chi connectivity index (χ0v) is 16.7. The van der Waals surface area contributed by atoms with Crippen molar-refractivity contribution in [2.45, 2.75) is 58.3 Å². The molecule has 0 saturated heterocycles. The zero-order chi connectivity index (χ0) is 16.8. The van der Waals surface area contributed by atoms with Crippen molar-refractivity contribution < 1.29 is 0 Å². The molecule has 25 heavy (non-hydrogen) atoms. The molecule has 0 heterocycles. The summed E-state index contributed by atoms with van der Waals surface area (Å²) in [6.45, 7) is 2.95. The van der Waals surface area contributed by atoms with Gasteiger partial charge in [0.05, 0.1) is 0 Å². The van der Waals surface area contributed by atoms with Crippen molar-refractivity contribution in [3.63, 3.8) is 0 Å². The summed E-state index contributed by atoms with van der Waals surface area (Å²) >= 11 is 0. The van der Waals surface area contributed by atoms with Gasteiger partial charge in [0.25, 0.3) is 0 Å². The number of anilines is 1. The van der Waals surface area contributed by atoms with Gasteiger partial charge >= 0.3 is 0 Å². The zero-order valence-electron chi connectivity index (χ0n) is 15.1. The van der Waals surface area contributed by atoms with Crippen LogP contribution in [0, 0.1) is 0 Å². The van der Waals surface area contributed by atoms with Crippen LogP contribution >= 0.6 is 24.8 Å². The van der Waals surface area contributed by atoms with E-state index < -0.39 is 0 Å². The number of para-hydroxylation sites is 1. The molecule has 0 aromatic heterocycles. The standard InChI is InChI=1S/C18H31N5.2ClH/c1-2-3-4-5-6-7-8-12-15-21-17(19)23-18(20)22-16-13-10-9-11-14-16;;/h9-11,13-14H,2-8,12,15H2,1H3,(H5,19,20,21,22,23);2*1H. The highest BCUT2D eigenvalue weighted by atomic mass is 35.5. The third kappa shape index (κ3) is 14.6. The van der Waals surface area contributed by atoms with Gasteiger partial charge in [-0.25, -0.2) is 0 Å². The smallest absolute Gasteiger partial charge is 0.218 e. The summed E-state index contributed by atoms with van der Waals surface area (Å²) in [6, 6.07) is 9.62. The second-order valence-corrected chi connectivity index (χ2v) is 5.70. The summed E-state index contributed by atoms with van der Waals surface area (Å²) in [7, 11) is 0. The van der Waals surface area contributed by atoms with Gasteiger partial charge in [0.15, 0.2) is 0 Å². The summed E-state index contributed by atoms with van der Waals surface area (Å²) in [4.78, 5) is 8.29. The van der Waals surface area contributed by atoms with Crippen LogP contribution < -0.4 is 16.8 Å². The Morgan fingerprint density at radius 3 is 2.04 bits per heavy atom. The minimum Gasteiger partial charge on any atom is -0.369 e. The molecule has 1 aromatic rings.